The summed E-state index contributed by atoms with van der Waals surface area (Å²) in [6.07, 6.45) is 36.1. The highest BCUT2D eigenvalue weighted by Gasteiger charge is 2.17. The Hall–Kier alpha value is -1.65. The molecular formula is C32H57NO3. The molecule has 0 rings (SSSR count). The lowest BCUT2D eigenvalue weighted by atomic mass is 10.1. The van der Waals surface area contributed by atoms with Gasteiger partial charge in [0.1, 0.15) is 0 Å². The molecule has 0 aromatic rings. The van der Waals surface area contributed by atoms with Crippen LogP contribution >= 0.6 is 0 Å². The van der Waals surface area contributed by atoms with Crippen molar-refractivity contribution >= 4 is 5.91 Å². The molecule has 0 spiro atoms. The van der Waals surface area contributed by atoms with E-state index >= 15 is 0 Å². The van der Waals surface area contributed by atoms with Gasteiger partial charge in [0.2, 0.25) is 5.91 Å². The smallest absolute Gasteiger partial charge is 0.220 e. The van der Waals surface area contributed by atoms with Gasteiger partial charge in [0.25, 0.3) is 0 Å². The SMILES string of the molecule is CCCCC/C=C/C/C=C/CCCCCCCC(=O)N[C@@H](CO)[C@H](O)/C=C/C=C/CCCCCCC. The molecule has 0 aliphatic heterocycles. The van der Waals surface area contributed by atoms with Crippen LogP contribution in [0.4, 0.5) is 0 Å². The fourth-order valence-corrected chi connectivity index (χ4v) is 3.97. The number of allylic oxidation sites excluding steroid dienone is 7. The van der Waals surface area contributed by atoms with Gasteiger partial charge in [-0.1, -0.05) is 120 Å². The number of hydrogen-bond donors (Lipinski definition) is 3. The number of rotatable bonds is 25. The molecule has 0 aliphatic carbocycles. The van der Waals surface area contributed by atoms with Gasteiger partial charge in [-0.3, -0.25) is 4.79 Å². The molecule has 208 valence electrons. The first-order valence-corrected chi connectivity index (χ1v) is 14.9. The first kappa shape index (κ1) is 34.4. The van der Waals surface area contributed by atoms with Gasteiger partial charge < -0.3 is 15.5 Å². The normalized spacial score (nSPS) is 14.0. The van der Waals surface area contributed by atoms with Crippen molar-refractivity contribution in [2.45, 2.75) is 142 Å². The summed E-state index contributed by atoms with van der Waals surface area (Å²) in [6.45, 7) is 4.18. The van der Waals surface area contributed by atoms with E-state index in [1.54, 1.807) is 12.2 Å². The van der Waals surface area contributed by atoms with Gasteiger partial charge in [-0.2, -0.15) is 0 Å². The van der Waals surface area contributed by atoms with Crippen LogP contribution in [0.5, 0.6) is 0 Å². The molecule has 36 heavy (non-hydrogen) atoms. The van der Waals surface area contributed by atoms with Crippen molar-refractivity contribution in [3.8, 4) is 0 Å². The van der Waals surface area contributed by atoms with Crippen molar-refractivity contribution < 1.29 is 15.0 Å². The van der Waals surface area contributed by atoms with Crippen LogP contribution in [0.2, 0.25) is 0 Å². The number of aliphatic hydroxyl groups is 2. The minimum atomic E-state index is -0.891. The summed E-state index contributed by atoms with van der Waals surface area (Å²) in [5, 5.41) is 22.6. The van der Waals surface area contributed by atoms with Gasteiger partial charge in [0.05, 0.1) is 18.8 Å². The standard InChI is InChI=1S/C32H57NO3/c1-3-5-7-9-11-13-14-15-16-17-18-20-22-24-26-28-32(36)33-30(29-34)31(35)27-25-23-21-19-12-10-8-6-4-2/h11,13,15-16,21,23,25,27,30-31,34-35H,3-10,12,14,17-20,22,24,26,28-29H2,1-2H3,(H,33,36)/b13-11+,16-15+,23-21+,27-25+/t30-,31+/m0/s1. The molecule has 2 atom stereocenters. The molecule has 4 nitrogen and oxygen atoms in total. The summed E-state index contributed by atoms with van der Waals surface area (Å²) in [6, 6.07) is -0.658. The lowest BCUT2D eigenvalue weighted by Gasteiger charge is -2.19. The lowest BCUT2D eigenvalue weighted by molar-refractivity contribution is -0.123. The summed E-state index contributed by atoms with van der Waals surface area (Å²) in [5.41, 5.74) is 0. The van der Waals surface area contributed by atoms with Crippen LogP contribution < -0.4 is 5.32 Å². The Morgan fingerprint density at radius 1 is 0.694 bits per heavy atom. The van der Waals surface area contributed by atoms with E-state index in [-0.39, 0.29) is 12.5 Å². The van der Waals surface area contributed by atoms with Gasteiger partial charge in [0, 0.05) is 6.42 Å². The number of aliphatic hydroxyl groups excluding tert-OH is 2. The highest BCUT2D eigenvalue weighted by molar-refractivity contribution is 5.76. The Bertz CT molecular complexity index is 594. The Balaban J connectivity index is 3.78. The quantitative estimate of drug-likeness (QED) is 0.0669. The summed E-state index contributed by atoms with van der Waals surface area (Å²) in [4.78, 5) is 12.2. The summed E-state index contributed by atoms with van der Waals surface area (Å²) in [5.74, 6) is -0.102. The maximum absolute atomic E-state index is 12.2. The fourth-order valence-electron chi connectivity index (χ4n) is 3.97. The maximum atomic E-state index is 12.2. The van der Waals surface area contributed by atoms with Gasteiger partial charge in [-0.25, -0.2) is 0 Å². The highest BCUT2D eigenvalue weighted by Crippen LogP contribution is 2.09. The number of unbranched alkanes of at least 4 members (excludes halogenated alkanes) is 13. The van der Waals surface area contributed by atoms with Gasteiger partial charge in [0.15, 0.2) is 0 Å². The Labute approximate surface area is 223 Å². The van der Waals surface area contributed by atoms with Crippen LogP contribution in [0, 0.1) is 0 Å². The maximum Gasteiger partial charge on any atom is 0.220 e. The third-order valence-electron chi connectivity index (χ3n) is 6.34. The third kappa shape index (κ3) is 24.1. The number of carbonyl (C=O) groups is 1. The molecule has 0 aromatic carbocycles. The van der Waals surface area contributed by atoms with Crippen molar-refractivity contribution in [3.05, 3.63) is 48.6 Å². The Morgan fingerprint density at radius 2 is 1.22 bits per heavy atom. The van der Waals surface area contributed by atoms with Crippen LogP contribution in [-0.4, -0.2) is 34.9 Å². The molecule has 0 aliphatic rings. The average molecular weight is 504 g/mol. The van der Waals surface area contributed by atoms with Gasteiger partial charge >= 0.3 is 0 Å². The predicted octanol–water partition coefficient (Wildman–Crippen LogP) is 8.11. The predicted molar refractivity (Wildman–Crippen MR) is 156 cm³/mol. The van der Waals surface area contributed by atoms with Crippen LogP contribution in [0.25, 0.3) is 0 Å². The number of carbonyl (C=O) groups excluding carboxylic acids is 1. The first-order chi connectivity index (χ1) is 17.7. The molecule has 0 heterocycles. The van der Waals surface area contributed by atoms with Crippen molar-refractivity contribution in [2.75, 3.05) is 6.61 Å². The second kappa shape index (κ2) is 27.9. The number of amides is 1. The zero-order valence-corrected chi connectivity index (χ0v) is 23.5. The summed E-state index contributed by atoms with van der Waals surface area (Å²) >= 11 is 0. The molecule has 0 saturated carbocycles. The van der Waals surface area contributed by atoms with Gasteiger partial charge in [-0.15, -0.1) is 0 Å². The van der Waals surface area contributed by atoms with Crippen LogP contribution in [0.1, 0.15) is 129 Å². The highest BCUT2D eigenvalue weighted by atomic mass is 16.3. The molecule has 0 radical (unpaired) electrons. The average Bonchev–Trinajstić information content (AvgIpc) is 2.88. The zero-order chi connectivity index (χ0) is 26.5. The second-order valence-electron chi connectivity index (χ2n) is 9.84. The largest absolute Gasteiger partial charge is 0.394 e. The minimum absolute atomic E-state index is 0.102. The van der Waals surface area contributed by atoms with Crippen molar-refractivity contribution in [2.24, 2.45) is 0 Å². The van der Waals surface area contributed by atoms with E-state index in [1.165, 1.54) is 70.6 Å². The van der Waals surface area contributed by atoms with E-state index in [0.717, 1.165) is 38.5 Å². The van der Waals surface area contributed by atoms with E-state index in [4.69, 9.17) is 0 Å². The Morgan fingerprint density at radius 3 is 1.86 bits per heavy atom. The monoisotopic (exact) mass is 503 g/mol. The molecule has 0 fully saturated rings. The summed E-state index contributed by atoms with van der Waals surface area (Å²) in [7, 11) is 0. The van der Waals surface area contributed by atoms with E-state index in [1.807, 2.05) is 6.08 Å². The second-order valence-corrected chi connectivity index (χ2v) is 9.84. The van der Waals surface area contributed by atoms with E-state index < -0.39 is 12.1 Å². The Kier molecular flexibility index (Phi) is 26.6. The van der Waals surface area contributed by atoms with Crippen molar-refractivity contribution in [1.82, 2.24) is 5.32 Å². The molecule has 4 heteroatoms. The van der Waals surface area contributed by atoms with Crippen molar-refractivity contribution in [1.29, 1.82) is 0 Å². The molecule has 1 amide bonds. The van der Waals surface area contributed by atoms with Crippen LogP contribution in [0.3, 0.4) is 0 Å². The summed E-state index contributed by atoms with van der Waals surface area (Å²) < 4.78 is 0. The van der Waals surface area contributed by atoms with Gasteiger partial charge in [-0.05, 0) is 51.4 Å². The number of nitrogens with one attached hydrogen (secondary N) is 1. The molecule has 3 N–H and O–H groups in total. The van der Waals surface area contributed by atoms with Crippen molar-refractivity contribution in [3.63, 3.8) is 0 Å². The first-order valence-electron chi connectivity index (χ1n) is 14.9. The van der Waals surface area contributed by atoms with E-state index in [0.29, 0.717) is 6.42 Å². The number of hydrogen-bond acceptors (Lipinski definition) is 3. The molecule has 0 aromatic heterocycles. The fraction of sp³-hybridized carbons (Fsp3) is 0.719. The van der Waals surface area contributed by atoms with Crippen LogP contribution in [-0.2, 0) is 4.79 Å². The zero-order valence-electron chi connectivity index (χ0n) is 23.5. The molecule has 0 unspecified atom stereocenters. The van der Waals surface area contributed by atoms with E-state index in [9.17, 15) is 15.0 Å². The molecular weight excluding hydrogens is 446 g/mol. The topological polar surface area (TPSA) is 69.6 Å². The molecule has 0 saturated heterocycles. The van der Waals surface area contributed by atoms with Crippen LogP contribution in [0.15, 0.2) is 48.6 Å². The third-order valence-corrected chi connectivity index (χ3v) is 6.34. The molecule has 0 bridgehead atoms. The lowest BCUT2D eigenvalue weighted by Crippen LogP contribution is -2.45. The minimum Gasteiger partial charge on any atom is -0.394 e. The van der Waals surface area contributed by atoms with E-state index in [2.05, 4.69) is 49.5 Å².